The largest absolute Gasteiger partial charge is 0.383 e. The van der Waals surface area contributed by atoms with Crippen molar-refractivity contribution in [3.8, 4) is 6.07 Å². The number of methoxy groups -OCH3 is 1. The highest BCUT2D eigenvalue weighted by atomic mass is 16.5. The lowest BCUT2D eigenvalue weighted by atomic mass is 10.2. The summed E-state index contributed by atoms with van der Waals surface area (Å²) in [7, 11) is 1.58. The molecule has 0 saturated heterocycles. The number of amides is 1. The Bertz CT molecular complexity index is 448. The third-order valence-electron chi connectivity index (χ3n) is 2.31. The maximum absolute atomic E-state index is 12.1. The van der Waals surface area contributed by atoms with Crippen molar-refractivity contribution in [2.24, 2.45) is 0 Å². The molecule has 0 N–H and O–H groups in total. The number of nitriles is 1. The predicted octanol–water partition coefficient (Wildman–Crippen LogP) is 1.23. The molecule has 0 aliphatic carbocycles. The molecule has 0 radical (unpaired) electrons. The summed E-state index contributed by atoms with van der Waals surface area (Å²) < 4.78 is 4.95. The fraction of sp³-hybridized carbons (Fsp3) is 0.308. The molecule has 5 nitrogen and oxygen atoms in total. The summed E-state index contributed by atoms with van der Waals surface area (Å²) in [5.74, 6) is -0.198. The van der Waals surface area contributed by atoms with Crippen molar-refractivity contribution in [1.29, 1.82) is 5.26 Å². The number of carbonyl (C=O) groups is 1. The number of hydrogen-bond donors (Lipinski definition) is 0. The van der Waals surface area contributed by atoms with E-state index in [4.69, 9.17) is 10.00 Å². The van der Waals surface area contributed by atoms with Crippen molar-refractivity contribution in [2.45, 2.75) is 0 Å². The van der Waals surface area contributed by atoms with E-state index in [0.29, 0.717) is 31.0 Å². The van der Waals surface area contributed by atoms with E-state index in [0.717, 1.165) is 0 Å². The first-order chi connectivity index (χ1) is 8.72. The molecule has 0 spiro atoms. The molecule has 0 atom stereocenters. The summed E-state index contributed by atoms with van der Waals surface area (Å²) in [5, 5.41) is 8.66. The summed E-state index contributed by atoms with van der Waals surface area (Å²) in [6.45, 7) is 4.98. The lowest BCUT2D eigenvalue weighted by Gasteiger charge is -2.20. The van der Waals surface area contributed by atoms with E-state index in [1.54, 1.807) is 30.2 Å². The second-order valence-corrected chi connectivity index (χ2v) is 3.58. The maximum Gasteiger partial charge on any atom is 0.272 e. The molecule has 1 aromatic rings. The lowest BCUT2D eigenvalue weighted by molar-refractivity contribution is 0.0712. The van der Waals surface area contributed by atoms with Gasteiger partial charge in [-0.3, -0.25) is 4.79 Å². The Morgan fingerprint density at radius 3 is 2.94 bits per heavy atom. The van der Waals surface area contributed by atoms with Crippen molar-refractivity contribution < 1.29 is 9.53 Å². The molecule has 0 bridgehead atoms. The van der Waals surface area contributed by atoms with Gasteiger partial charge in [0.05, 0.1) is 12.2 Å². The van der Waals surface area contributed by atoms with E-state index in [-0.39, 0.29) is 5.91 Å². The zero-order valence-electron chi connectivity index (χ0n) is 10.3. The Labute approximate surface area is 106 Å². The van der Waals surface area contributed by atoms with E-state index in [2.05, 4.69) is 11.6 Å². The van der Waals surface area contributed by atoms with Gasteiger partial charge >= 0.3 is 0 Å². The second-order valence-electron chi connectivity index (χ2n) is 3.58. The SMILES string of the molecule is C=CCN(CCOC)C(=O)c1ccc(C#N)cn1. The second kappa shape index (κ2) is 7.20. The Morgan fingerprint density at radius 2 is 2.44 bits per heavy atom. The number of aromatic nitrogens is 1. The summed E-state index contributed by atoms with van der Waals surface area (Å²) in [5.41, 5.74) is 0.741. The van der Waals surface area contributed by atoms with Crippen LogP contribution in [0.15, 0.2) is 31.0 Å². The highest BCUT2D eigenvalue weighted by Gasteiger charge is 2.15. The van der Waals surface area contributed by atoms with Crippen LogP contribution in [0.1, 0.15) is 16.1 Å². The van der Waals surface area contributed by atoms with Gasteiger partial charge < -0.3 is 9.64 Å². The van der Waals surface area contributed by atoms with Crippen LogP contribution in [0.4, 0.5) is 0 Å². The third kappa shape index (κ3) is 3.68. The summed E-state index contributed by atoms with van der Waals surface area (Å²) in [4.78, 5) is 17.7. The minimum Gasteiger partial charge on any atom is -0.383 e. The van der Waals surface area contributed by atoms with Gasteiger partial charge in [0.1, 0.15) is 11.8 Å². The van der Waals surface area contributed by atoms with Crippen LogP contribution in [-0.2, 0) is 4.74 Å². The van der Waals surface area contributed by atoms with Crippen LogP contribution >= 0.6 is 0 Å². The van der Waals surface area contributed by atoms with Gasteiger partial charge in [-0.1, -0.05) is 6.08 Å². The van der Waals surface area contributed by atoms with Crippen molar-refractivity contribution in [2.75, 3.05) is 26.8 Å². The fourth-order valence-corrected chi connectivity index (χ4v) is 1.38. The lowest BCUT2D eigenvalue weighted by Crippen LogP contribution is -2.34. The first-order valence-electron chi connectivity index (χ1n) is 5.48. The molecule has 1 amide bonds. The van der Waals surface area contributed by atoms with Gasteiger partial charge in [-0.05, 0) is 12.1 Å². The third-order valence-corrected chi connectivity index (χ3v) is 2.31. The molecule has 0 fully saturated rings. The van der Waals surface area contributed by atoms with Crippen molar-refractivity contribution >= 4 is 5.91 Å². The van der Waals surface area contributed by atoms with Crippen LogP contribution in [0, 0.1) is 11.3 Å². The van der Waals surface area contributed by atoms with E-state index >= 15 is 0 Å². The van der Waals surface area contributed by atoms with Crippen molar-refractivity contribution in [3.05, 3.63) is 42.2 Å². The molecule has 0 aliphatic rings. The number of ether oxygens (including phenoxy) is 1. The molecular weight excluding hydrogens is 230 g/mol. The van der Waals surface area contributed by atoms with Gasteiger partial charge in [-0.2, -0.15) is 5.26 Å². The van der Waals surface area contributed by atoms with Crippen LogP contribution < -0.4 is 0 Å². The van der Waals surface area contributed by atoms with Gasteiger partial charge in [-0.15, -0.1) is 6.58 Å². The van der Waals surface area contributed by atoms with Gasteiger partial charge in [0, 0.05) is 26.4 Å². The van der Waals surface area contributed by atoms with Crippen LogP contribution in [0.25, 0.3) is 0 Å². The van der Waals surface area contributed by atoms with E-state index in [1.807, 2.05) is 6.07 Å². The Balaban J connectivity index is 2.80. The zero-order valence-corrected chi connectivity index (χ0v) is 10.3. The van der Waals surface area contributed by atoms with Gasteiger partial charge in [0.2, 0.25) is 0 Å². The van der Waals surface area contributed by atoms with Crippen molar-refractivity contribution in [1.82, 2.24) is 9.88 Å². The van der Waals surface area contributed by atoms with E-state index in [9.17, 15) is 4.79 Å². The van der Waals surface area contributed by atoms with Crippen molar-refractivity contribution in [3.63, 3.8) is 0 Å². The van der Waals surface area contributed by atoms with Crippen LogP contribution in [0.3, 0.4) is 0 Å². The monoisotopic (exact) mass is 245 g/mol. The zero-order chi connectivity index (χ0) is 13.4. The molecular formula is C13H15N3O2. The topological polar surface area (TPSA) is 66.2 Å². The van der Waals surface area contributed by atoms with Crippen LogP contribution in [0.5, 0.6) is 0 Å². The number of carbonyl (C=O) groups excluding carboxylic acids is 1. The van der Waals surface area contributed by atoms with Gasteiger partial charge in [-0.25, -0.2) is 4.98 Å². The maximum atomic E-state index is 12.1. The average Bonchev–Trinajstić information content (AvgIpc) is 2.43. The summed E-state index contributed by atoms with van der Waals surface area (Å²) in [6.07, 6.45) is 3.03. The standard InChI is InChI=1S/C13H15N3O2/c1-3-6-16(7-8-18-2)13(17)12-5-4-11(9-14)10-15-12/h3-5,10H,1,6-8H2,2H3. The quantitative estimate of drug-likeness (QED) is 0.707. The molecule has 0 aromatic carbocycles. The molecule has 0 aliphatic heterocycles. The highest BCUT2D eigenvalue weighted by molar-refractivity contribution is 5.92. The Morgan fingerprint density at radius 1 is 1.67 bits per heavy atom. The van der Waals surface area contributed by atoms with Crippen LogP contribution in [-0.4, -0.2) is 42.6 Å². The normalized spacial score (nSPS) is 9.56. The van der Waals surface area contributed by atoms with Gasteiger partial charge in [0.15, 0.2) is 0 Å². The number of pyridine rings is 1. The Hall–Kier alpha value is -2.19. The molecule has 0 unspecified atom stereocenters. The highest BCUT2D eigenvalue weighted by Crippen LogP contribution is 2.04. The molecule has 1 aromatic heterocycles. The molecule has 94 valence electrons. The van der Waals surface area contributed by atoms with Gasteiger partial charge in [0.25, 0.3) is 5.91 Å². The molecule has 5 heteroatoms. The summed E-state index contributed by atoms with van der Waals surface area (Å²) in [6, 6.07) is 5.08. The smallest absolute Gasteiger partial charge is 0.272 e. The molecule has 0 saturated carbocycles. The fourth-order valence-electron chi connectivity index (χ4n) is 1.38. The first kappa shape index (κ1) is 13.9. The van der Waals surface area contributed by atoms with E-state index < -0.39 is 0 Å². The minimum atomic E-state index is -0.198. The molecule has 1 rings (SSSR count). The summed E-state index contributed by atoms with van der Waals surface area (Å²) >= 11 is 0. The number of nitrogens with zero attached hydrogens (tertiary/aromatic N) is 3. The predicted molar refractivity (Wildman–Crippen MR) is 66.9 cm³/mol. The first-order valence-corrected chi connectivity index (χ1v) is 5.48. The average molecular weight is 245 g/mol. The van der Waals surface area contributed by atoms with Crippen LogP contribution in [0.2, 0.25) is 0 Å². The number of hydrogen-bond acceptors (Lipinski definition) is 4. The Kier molecular flexibility index (Phi) is 5.55. The molecule has 18 heavy (non-hydrogen) atoms. The van der Waals surface area contributed by atoms with E-state index in [1.165, 1.54) is 6.20 Å². The number of rotatable bonds is 6. The molecule has 1 heterocycles. The minimum absolute atomic E-state index is 0.198.